The highest BCUT2D eigenvalue weighted by molar-refractivity contribution is 6.31. The lowest BCUT2D eigenvalue weighted by atomic mass is 9.73. The number of aliphatic hydroxyl groups is 1. The molecule has 3 N–H and O–H groups in total. The lowest BCUT2D eigenvalue weighted by Gasteiger charge is -2.43. The molecule has 2 fully saturated rings. The maximum Gasteiger partial charge on any atom is 0.338 e. The molecule has 1 saturated carbocycles. The Bertz CT molecular complexity index is 1690. The van der Waals surface area contributed by atoms with Crippen molar-refractivity contribution in [3.05, 3.63) is 103 Å². The summed E-state index contributed by atoms with van der Waals surface area (Å²) < 4.78 is 20.8. The quantitative estimate of drug-likeness (QED) is 0.164. The van der Waals surface area contributed by atoms with Gasteiger partial charge in [0.1, 0.15) is 11.4 Å². The van der Waals surface area contributed by atoms with E-state index in [4.69, 9.17) is 27.9 Å². The lowest BCUT2D eigenvalue weighted by Crippen LogP contribution is -2.56. The van der Waals surface area contributed by atoms with Crippen LogP contribution in [0.2, 0.25) is 10.0 Å². The summed E-state index contributed by atoms with van der Waals surface area (Å²) in [5.74, 6) is -2.72. The van der Waals surface area contributed by atoms with Crippen LogP contribution in [0.4, 0.5) is 15.8 Å². The van der Waals surface area contributed by atoms with Gasteiger partial charge in [0, 0.05) is 52.4 Å². The van der Waals surface area contributed by atoms with Crippen LogP contribution in [0.5, 0.6) is 0 Å². The SMILES string of the molecule is COC(=O)c1ccc(CN[C@@H]2[C@H](CO)N(C3CCCC3)[C@@]3(C(=O)Nc4cc(Cl)ccc43)[C@H]2c2cccc(Cl)c2F)c([N+](=O)[O-])c1. The molecule has 236 valence electrons. The second-order valence-electron chi connectivity index (χ2n) is 11.6. The molecule has 0 bridgehead atoms. The molecule has 45 heavy (non-hydrogen) atoms. The molecule has 1 saturated heterocycles. The molecular formula is C32H31Cl2FN4O6. The fraction of sp³-hybridized carbons (Fsp3) is 0.375. The van der Waals surface area contributed by atoms with E-state index in [0.29, 0.717) is 16.3 Å². The van der Waals surface area contributed by atoms with Crippen LogP contribution in [0.3, 0.4) is 0 Å². The number of aliphatic hydroxyl groups excluding tert-OH is 1. The zero-order valence-electron chi connectivity index (χ0n) is 24.3. The highest BCUT2D eigenvalue weighted by atomic mass is 35.5. The van der Waals surface area contributed by atoms with E-state index in [1.807, 2.05) is 4.90 Å². The smallest absolute Gasteiger partial charge is 0.338 e. The number of carbonyl (C=O) groups excluding carboxylic acids is 2. The number of likely N-dealkylation sites (tertiary alicyclic amines) is 1. The summed E-state index contributed by atoms with van der Waals surface area (Å²) in [6.45, 7) is -0.463. The molecule has 0 radical (unpaired) electrons. The van der Waals surface area contributed by atoms with Gasteiger partial charge in [0.15, 0.2) is 0 Å². The maximum absolute atomic E-state index is 16.1. The van der Waals surface area contributed by atoms with Gasteiger partial charge in [-0.05, 0) is 42.7 Å². The number of fused-ring (bicyclic) bond motifs is 2. The van der Waals surface area contributed by atoms with Crippen LogP contribution in [0, 0.1) is 15.9 Å². The van der Waals surface area contributed by atoms with Crippen LogP contribution in [0.1, 0.15) is 58.6 Å². The summed E-state index contributed by atoms with van der Waals surface area (Å²) >= 11 is 12.7. The number of amides is 1. The van der Waals surface area contributed by atoms with E-state index in [2.05, 4.69) is 10.6 Å². The molecule has 3 aromatic rings. The monoisotopic (exact) mass is 656 g/mol. The van der Waals surface area contributed by atoms with Crippen molar-refractivity contribution in [3.63, 3.8) is 0 Å². The minimum absolute atomic E-state index is 0.0187. The largest absolute Gasteiger partial charge is 0.465 e. The topological polar surface area (TPSA) is 134 Å². The normalized spacial score (nSPS) is 24.6. The molecule has 13 heteroatoms. The van der Waals surface area contributed by atoms with Crippen LogP contribution in [0.15, 0.2) is 54.6 Å². The van der Waals surface area contributed by atoms with Gasteiger partial charge in [-0.15, -0.1) is 0 Å². The summed E-state index contributed by atoms with van der Waals surface area (Å²) in [6.07, 6.45) is 3.40. The Morgan fingerprint density at radius 3 is 2.64 bits per heavy atom. The number of rotatable bonds is 8. The van der Waals surface area contributed by atoms with Crippen molar-refractivity contribution in [2.24, 2.45) is 0 Å². The molecule has 1 spiro atoms. The van der Waals surface area contributed by atoms with Gasteiger partial charge in [-0.1, -0.05) is 60.3 Å². The third-order valence-corrected chi connectivity index (χ3v) is 9.95. The number of hydrogen-bond acceptors (Lipinski definition) is 8. The standard InChI is InChI=1S/C32H31Cl2FN4O6/c1-45-30(41)17-9-10-18(25(13-17)39(43)44)15-36-29-26(16-40)38(20-5-2-3-6-20)32(27(29)21-7-4-8-23(34)28(21)35)22-12-11-19(33)14-24(22)37-31(32)42/h4,7-14,20,26-27,29,36,40H,2-3,5-6,15-16H2,1H3,(H,37,42)/t26-,27-,29+,32+/m0/s1. The van der Waals surface area contributed by atoms with Crippen molar-refractivity contribution >= 4 is 46.5 Å². The average Bonchev–Trinajstić information content (AvgIpc) is 3.72. The minimum atomic E-state index is -1.47. The third kappa shape index (κ3) is 5.07. The number of ether oxygens (including phenoxy) is 1. The number of carbonyl (C=O) groups is 2. The molecule has 10 nitrogen and oxygen atoms in total. The first-order valence-corrected chi connectivity index (χ1v) is 15.4. The van der Waals surface area contributed by atoms with Crippen LogP contribution in [-0.4, -0.2) is 58.6 Å². The zero-order chi connectivity index (χ0) is 32.0. The predicted molar refractivity (Wildman–Crippen MR) is 166 cm³/mol. The average molecular weight is 658 g/mol. The van der Waals surface area contributed by atoms with Gasteiger partial charge in [-0.3, -0.25) is 19.8 Å². The fourth-order valence-electron chi connectivity index (χ4n) is 7.67. The molecule has 3 aliphatic rings. The van der Waals surface area contributed by atoms with Crippen LogP contribution in [-0.2, 0) is 21.6 Å². The number of benzene rings is 3. The maximum atomic E-state index is 16.1. The molecule has 2 aliphatic heterocycles. The number of nitrogens with one attached hydrogen (secondary N) is 2. The zero-order valence-corrected chi connectivity index (χ0v) is 25.8. The van der Waals surface area contributed by atoms with Gasteiger partial charge >= 0.3 is 5.97 Å². The van der Waals surface area contributed by atoms with Gasteiger partial charge in [0.05, 0.1) is 35.3 Å². The lowest BCUT2D eigenvalue weighted by molar-refractivity contribution is -0.385. The Hall–Kier alpha value is -3.61. The fourth-order valence-corrected chi connectivity index (χ4v) is 8.02. The Balaban J connectivity index is 1.54. The second-order valence-corrected chi connectivity index (χ2v) is 12.5. The van der Waals surface area contributed by atoms with Crippen molar-refractivity contribution < 1.29 is 28.7 Å². The van der Waals surface area contributed by atoms with Crippen molar-refractivity contribution in [1.29, 1.82) is 0 Å². The number of nitro groups is 1. The number of hydrogen-bond donors (Lipinski definition) is 3. The van der Waals surface area contributed by atoms with Gasteiger partial charge in [0.25, 0.3) is 5.69 Å². The molecule has 0 aromatic heterocycles. The Kier molecular flexibility index (Phi) is 8.57. The van der Waals surface area contributed by atoms with E-state index in [1.165, 1.54) is 25.3 Å². The third-order valence-electron chi connectivity index (χ3n) is 9.43. The summed E-state index contributed by atoms with van der Waals surface area (Å²) in [4.78, 5) is 40.1. The van der Waals surface area contributed by atoms with E-state index in [1.54, 1.807) is 30.3 Å². The number of nitrogens with zero attached hydrogens (tertiary/aromatic N) is 2. The van der Waals surface area contributed by atoms with Gasteiger partial charge in [-0.2, -0.15) is 0 Å². The predicted octanol–water partition coefficient (Wildman–Crippen LogP) is 5.54. The molecule has 1 aliphatic carbocycles. The molecule has 1 amide bonds. The van der Waals surface area contributed by atoms with E-state index in [9.17, 15) is 24.8 Å². The Morgan fingerprint density at radius 2 is 1.96 bits per heavy atom. The van der Waals surface area contributed by atoms with Crippen molar-refractivity contribution in [2.45, 2.75) is 61.8 Å². The van der Waals surface area contributed by atoms with Gasteiger partial charge in [-0.25, -0.2) is 9.18 Å². The molecular weight excluding hydrogens is 626 g/mol. The first-order valence-electron chi connectivity index (χ1n) is 14.7. The molecule has 4 atom stereocenters. The van der Waals surface area contributed by atoms with Crippen LogP contribution >= 0.6 is 23.2 Å². The molecule has 3 aromatic carbocycles. The molecule has 0 unspecified atom stereocenters. The molecule has 2 heterocycles. The van der Waals surface area contributed by atoms with Gasteiger partial charge < -0.3 is 20.5 Å². The molecule has 6 rings (SSSR count). The van der Waals surface area contributed by atoms with Crippen molar-refractivity contribution in [1.82, 2.24) is 10.2 Å². The van der Waals surface area contributed by atoms with Gasteiger partial charge in [0.2, 0.25) is 5.91 Å². The van der Waals surface area contributed by atoms with Crippen molar-refractivity contribution in [3.8, 4) is 0 Å². The summed E-state index contributed by atoms with van der Waals surface area (Å²) in [7, 11) is 1.19. The van der Waals surface area contributed by atoms with Crippen LogP contribution in [0.25, 0.3) is 0 Å². The number of halogens is 3. The minimum Gasteiger partial charge on any atom is -0.465 e. The van der Waals surface area contributed by atoms with E-state index >= 15 is 4.39 Å². The number of methoxy groups -OCH3 is 1. The second kappa shape index (κ2) is 12.3. The van der Waals surface area contributed by atoms with E-state index in [-0.39, 0.29) is 52.5 Å². The highest BCUT2D eigenvalue weighted by Gasteiger charge is 2.68. The van der Waals surface area contributed by atoms with E-state index < -0.39 is 40.3 Å². The summed E-state index contributed by atoms with van der Waals surface area (Å²) in [5.41, 5.74) is -0.232. The Labute approximate surface area is 268 Å². The number of nitro benzene ring substituents is 1. The number of esters is 1. The Morgan fingerprint density at radius 1 is 1.20 bits per heavy atom. The summed E-state index contributed by atoms with van der Waals surface area (Å²) in [5, 5.41) is 29.7. The first-order chi connectivity index (χ1) is 21.6. The number of anilines is 1. The van der Waals surface area contributed by atoms with Crippen LogP contribution < -0.4 is 10.6 Å². The van der Waals surface area contributed by atoms with Crippen molar-refractivity contribution in [2.75, 3.05) is 19.0 Å². The highest BCUT2D eigenvalue weighted by Crippen LogP contribution is 2.59. The first kappa shape index (κ1) is 31.4. The van der Waals surface area contributed by atoms with E-state index in [0.717, 1.165) is 31.7 Å². The summed E-state index contributed by atoms with van der Waals surface area (Å²) in [6, 6.07) is 12.2.